The first-order valence-electron chi connectivity index (χ1n) is 8.66. The topological polar surface area (TPSA) is 57.2 Å². The Labute approximate surface area is 150 Å². The van der Waals surface area contributed by atoms with Crippen molar-refractivity contribution in [3.05, 3.63) is 43.0 Å². The summed E-state index contributed by atoms with van der Waals surface area (Å²) in [6.07, 6.45) is 3.84. The van der Waals surface area contributed by atoms with E-state index in [1.807, 2.05) is 30.3 Å². The van der Waals surface area contributed by atoms with E-state index in [0.717, 1.165) is 37.6 Å². The van der Waals surface area contributed by atoms with Crippen molar-refractivity contribution in [2.75, 3.05) is 40.3 Å². The number of hydrogen-bond donors (Lipinski definition) is 1. The third-order valence-corrected chi connectivity index (χ3v) is 4.05. The van der Waals surface area contributed by atoms with Crippen molar-refractivity contribution in [2.24, 2.45) is 4.99 Å². The molecule has 1 aliphatic heterocycles. The van der Waals surface area contributed by atoms with Crippen LogP contribution < -0.4 is 10.1 Å². The van der Waals surface area contributed by atoms with E-state index in [4.69, 9.17) is 4.74 Å². The first kappa shape index (κ1) is 18.8. The summed E-state index contributed by atoms with van der Waals surface area (Å²) < 4.78 is 6.03. The summed E-state index contributed by atoms with van der Waals surface area (Å²) in [7, 11) is 3.47. The van der Waals surface area contributed by atoms with Crippen LogP contribution in [0.3, 0.4) is 0 Å². The number of likely N-dealkylation sites (N-methyl/N-ethyl adjacent to an activating group) is 1. The van der Waals surface area contributed by atoms with E-state index >= 15 is 0 Å². The molecule has 6 nitrogen and oxygen atoms in total. The number of piperidine rings is 1. The maximum absolute atomic E-state index is 11.8. The van der Waals surface area contributed by atoms with Crippen LogP contribution in [0.25, 0.3) is 0 Å². The van der Waals surface area contributed by atoms with Crippen molar-refractivity contribution in [1.29, 1.82) is 0 Å². The minimum atomic E-state index is -0.0137. The molecule has 0 bridgehead atoms. The lowest BCUT2D eigenvalue weighted by molar-refractivity contribution is -0.127. The number of likely N-dealkylation sites (tertiary alicyclic amines) is 1. The molecular formula is C19H28N4O2. The lowest BCUT2D eigenvalue weighted by Gasteiger charge is -2.34. The highest BCUT2D eigenvalue weighted by Gasteiger charge is 2.23. The van der Waals surface area contributed by atoms with E-state index in [0.29, 0.717) is 6.54 Å². The van der Waals surface area contributed by atoms with Gasteiger partial charge in [-0.05, 0) is 12.1 Å². The van der Waals surface area contributed by atoms with Crippen LogP contribution >= 0.6 is 0 Å². The second-order valence-corrected chi connectivity index (χ2v) is 6.21. The third-order valence-electron chi connectivity index (χ3n) is 4.05. The lowest BCUT2D eigenvalue weighted by atomic mass is 10.1. The number of hydrogen-bond acceptors (Lipinski definition) is 3. The first-order valence-corrected chi connectivity index (χ1v) is 8.66. The summed E-state index contributed by atoms with van der Waals surface area (Å²) in [6.45, 7) is 6.18. The second kappa shape index (κ2) is 9.71. The lowest BCUT2D eigenvalue weighted by Crippen LogP contribution is -2.48. The van der Waals surface area contributed by atoms with Crippen molar-refractivity contribution in [3.63, 3.8) is 0 Å². The minimum absolute atomic E-state index is 0.0137. The van der Waals surface area contributed by atoms with E-state index in [-0.39, 0.29) is 18.6 Å². The summed E-state index contributed by atoms with van der Waals surface area (Å²) >= 11 is 0. The Morgan fingerprint density at radius 2 is 2.04 bits per heavy atom. The highest BCUT2D eigenvalue weighted by atomic mass is 16.5. The smallest absolute Gasteiger partial charge is 0.243 e. The van der Waals surface area contributed by atoms with Gasteiger partial charge >= 0.3 is 0 Å². The predicted molar refractivity (Wildman–Crippen MR) is 101 cm³/mol. The number of ether oxygens (including phenoxy) is 1. The van der Waals surface area contributed by atoms with Crippen LogP contribution in [0.1, 0.15) is 12.8 Å². The van der Waals surface area contributed by atoms with E-state index in [9.17, 15) is 4.79 Å². The fourth-order valence-corrected chi connectivity index (χ4v) is 2.59. The third kappa shape index (κ3) is 6.14. The van der Waals surface area contributed by atoms with Crippen molar-refractivity contribution in [3.8, 4) is 5.75 Å². The molecule has 2 rings (SSSR count). The van der Waals surface area contributed by atoms with Crippen molar-refractivity contribution in [2.45, 2.75) is 18.9 Å². The minimum Gasteiger partial charge on any atom is -0.490 e. The normalized spacial score (nSPS) is 15.6. The zero-order valence-electron chi connectivity index (χ0n) is 15.1. The zero-order valence-corrected chi connectivity index (χ0v) is 15.1. The van der Waals surface area contributed by atoms with Crippen molar-refractivity contribution in [1.82, 2.24) is 15.1 Å². The van der Waals surface area contributed by atoms with E-state index in [1.165, 1.54) is 0 Å². The van der Waals surface area contributed by atoms with Gasteiger partial charge in [0.05, 0.1) is 0 Å². The number of aliphatic imine (C=N–C) groups is 1. The number of guanidine groups is 1. The molecule has 1 amide bonds. The highest BCUT2D eigenvalue weighted by molar-refractivity contribution is 5.85. The summed E-state index contributed by atoms with van der Waals surface area (Å²) in [5.41, 5.74) is 0. The molecule has 0 unspecified atom stereocenters. The molecule has 0 saturated carbocycles. The monoisotopic (exact) mass is 344 g/mol. The Bertz CT molecular complexity index is 578. The second-order valence-electron chi connectivity index (χ2n) is 6.21. The van der Waals surface area contributed by atoms with Crippen LogP contribution in [0.15, 0.2) is 48.0 Å². The first-order chi connectivity index (χ1) is 12.1. The molecule has 1 aromatic rings. The van der Waals surface area contributed by atoms with Crippen LogP contribution in [-0.4, -0.2) is 68.0 Å². The molecule has 0 radical (unpaired) electrons. The van der Waals surface area contributed by atoms with Gasteiger partial charge in [0.2, 0.25) is 5.91 Å². The van der Waals surface area contributed by atoms with Crippen LogP contribution in [0, 0.1) is 0 Å². The Morgan fingerprint density at radius 1 is 1.36 bits per heavy atom. The molecule has 1 aliphatic rings. The van der Waals surface area contributed by atoms with Gasteiger partial charge < -0.3 is 19.9 Å². The Kier molecular flexibility index (Phi) is 7.32. The molecule has 1 N–H and O–H groups in total. The number of amides is 1. The number of rotatable bonds is 6. The van der Waals surface area contributed by atoms with Crippen LogP contribution in [0.4, 0.5) is 0 Å². The van der Waals surface area contributed by atoms with Gasteiger partial charge in [-0.3, -0.25) is 4.79 Å². The average molecular weight is 344 g/mol. The number of nitrogens with one attached hydrogen (secondary N) is 1. The van der Waals surface area contributed by atoms with Crippen LogP contribution in [0.5, 0.6) is 5.75 Å². The molecule has 0 spiro atoms. The van der Waals surface area contributed by atoms with Gasteiger partial charge in [0, 0.05) is 46.6 Å². The Morgan fingerprint density at radius 3 is 2.64 bits per heavy atom. The van der Waals surface area contributed by atoms with Crippen molar-refractivity contribution >= 4 is 11.9 Å². The number of nitrogens with zero attached hydrogens (tertiary/aromatic N) is 3. The molecule has 6 heteroatoms. The Hall–Kier alpha value is -2.50. The van der Waals surface area contributed by atoms with E-state index < -0.39 is 0 Å². The van der Waals surface area contributed by atoms with Gasteiger partial charge in [0.15, 0.2) is 5.96 Å². The summed E-state index contributed by atoms with van der Waals surface area (Å²) in [5, 5.41) is 3.24. The predicted octanol–water partition coefficient (Wildman–Crippen LogP) is 1.75. The molecule has 0 atom stereocenters. The average Bonchev–Trinajstić information content (AvgIpc) is 2.63. The van der Waals surface area contributed by atoms with Crippen LogP contribution in [0.2, 0.25) is 0 Å². The van der Waals surface area contributed by atoms with E-state index in [2.05, 4.69) is 21.8 Å². The molecule has 1 heterocycles. The standard InChI is InChI=1S/C19H28N4O2/c1-4-12-20-19(21-15-18(24)22(2)3)23-13-10-17(11-14-23)25-16-8-6-5-7-9-16/h4-9,17H,1,10-15H2,2-3H3,(H,20,21). The fraction of sp³-hybridized carbons (Fsp3) is 0.474. The fourth-order valence-electron chi connectivity index (χ4n) is 2.59. The number of carbonyl (C=O) groups is 1. The summed E-state index contributed by atoms with van der Waals surface area (Å²) in [6, 6.07) is 9.92. The molecule has 25 heavy (non-hydrogen) atoms. The quantitative estimate of drug-likeness (QED) is 0.485. The van der Waals surface area contributed by atoms with E-state index in [1.54, 1.807) is 25.1 Å². The molecule has 0 aromatic heterocycles. The Balaban J connectivity index is 1.90. The number of benzene rings is 1. The zero-order chi connectivity index (χ0) is 18.1. The maximum Gasteiger partial charge on any atom is 0.243 e. The van der Waals surface area contributed by atoms with Gasteiger partial charge in [0.25, 0.3) is 0 Å². The molecule has 136 valence electrons. The molecule has 1 aromatic carbocycles. The van der Waals surface area contributed by atoms with Crippen molar-refractivity contribution < 1.29 is 9.53 Å². The SMILES string of the molecule is C=CCNC(=NCC(=O)N(C)C)N1CCC(Oc2ccccc2)CC1. The van der Waals surface area contributed by atoms with Gasteiger partial charge in [0.1, 0.15) is 18.4 Å². The maximum atomic E-state index is 11.8. The highest BCUT2D eigenvalue weighted by Crippen LogP contribution is 2.18. The summed E-state index contributed by atoms with van der Waals surface area (Å²) in [4.78, 5) is 20.0. The molecule has 1 saturated heterocycles. The van der Waals surface area contributed by atoms with Gasteiger partial charge in [-0.25, -0.2) is 4.99 Å². The molecular weight excluding hydrogens is 316 g/mol. The van der Waals surface area contributed by atoms with Gasteiger partial charge in [-0.2, -0.15) is 0 Å². The summed E-state index contributed by atoms with van der Waals surface area (Å²) in [5.74, 6) is 1.66. The van der Waals surface area contributed by atoms with Gasteiger partial charge in [-0.1, -0.05) is 24.3 Å². The number of para-hydroxylation sites is 1. The van der Waals surface area contributed by atoms with Crippen LogP contribution in [-0.2, 0) is 4.79 Å². The van der Waals surface area contributed by atoms with Gasteiger partial charge in [-0.15, -0.1) is 6.58 Å². The largest absolute Gasteiger partial charge is 0.490 e. The molecule has 0 aliphatic carbocycles. The number of carbonyl (C=O) groups excluding carboxylic acids is 1. The molecule has 1 fully saturated rings.